The van der Waals surface area contributed by atoms with Crippen LogP contribution in [-0.4, -0.2) is 48.8 Å². The molecular weight excluding hydrogens is 356 g/mol. The van der Waals surface area contributed by atoms with Gasteiger partial charge in [-0.2, -0.15) is 0 Å². The normalized spacial score (nSPS) is 25.9. The van der Waals surface area contributed by atoms with E-state index in [4.69, 9.17) is 9.84 Å². The van der Waals surface area contributed by atoms with Gasteiger partial charge in [-0.05, 0) is 44.6 Å². The molecule has 0 aromatic rings. The van der Waals surface area contributed by atoms with Crippen molar-refractivity contribution in [1.29, 1.82) is 0 Å². The first-order valence-corrected chi connectivity index (χ1v) is 11.5. The van der Waals surface area contributed by atoms with Gasteiger partial charge in [0.25, 0.3) is 0 Å². The van der Waals surface area contributed by atoms with Crippen molar-refractivity contribution >= 4 is 11.9 Å². The van der Waals surface area contributed by atoms with E-state index in [9.17, 15) is 9.59 Å². The van der Waals surface area contributed by atoms with Crippen LogP contribution in [0.25, 0.3) is 0 Å². The van der Waals surface area contributed by atoms with Crippen molar-refractivity contribution in [1.82, 2.24) is 10.6 Å². The van der Waals surface area contributed by atoms with Crippen LogP contribution < -0.4 is 10.6 Å². The lowest BCUT2D eigenvalue weighted by atomic mass is 9.76. The van der Waals surface area contributed by atoms with E-state index in [0.717, 1.165) is 64.5 Å². The molecule has 162 valence electrons. The van der Waals surface area contributed by atoms with Gasteiger partial charge >= 0.3 is 5.97 Å². The Morgan fingerprint density at radius 2 is 1.68 bits per heavy atom. The molecular formula is C22H40N2O4. The first-order valence-electron chi connectivity index (χ1n) is 11.5. The van der Waals surface area contributed by atoms with Crippen LogP contribution in [0.3, 0.4) is 0 Å². The Morgan fingerprint density at radius 3 is 2.43 bits per heavy atom. The minimum Gasteiger partial charge on any atom is -0.481 e. The summed E-state index contributed by atoms with van der Waals surface area (Å²) in [5.41, 5.74) is 0. The molecule has 2 aliphatic rings. The number of ether oxygens (including phenoxy) is 1. The average Bonchev–Trinajstić information content (AvgIpc) is 3.27. The number of unbranched alkanes of at least 4 members (excludes halogenated alkanes) is 6. The van der Waals surface area contributed by atoms with Gasteiger partial charge in [0, 0.05) is 18.9 Å². The maximum Gasteiger partial charge on any atom is 0.303 e. The highest BCUT2D eigenvalue weighted by atomic mass is 16.5. The summed E-state index contributed by atoms with van der Waals surface area (Å²) in [7, 11) is 0. The van der Waals surface area contributed by atoms with Gasteiger partial charge in [-0.25, -0.2) is 0 Å². The molecule has 0 radical (unpaired) electrons. The van der Waals surface area contributed by atoms with Crippen molar-refractivity contribution < 1.29 is 19.4 Å². The van der Waals surface area contributed by atoms with Crippen molar-refractivity contribution in [3.05, 3.63) is 0 Å². The van der Waals surface area contributed by atoms with Crippen LogP contribution in [0.1, 0.15) is 84.0 Å². The summed E-state index contributed by atoms with van der Waals surface area (Å²) in [6.45, 7) is 4.24. The lowest BCUT2D eigenvalue weighted by Crippen LogP contribution is -2.41. The third-order valence-electron chi connectivity index (χ3n) is 6.30. The maximum atomic E-state index is 12.1. The summed E-state index contributed by atoms with van der Waals surface area (Å²) in [5.74, 6) is 0.366. The van der Waals surface area contributed by atoms with Crippen LogP contribution in [0.5, 0.6) is 0 Å². The Kier molecular flexibility index (Phi) is 10.9. The minimum absolute atomic E-state index is 0.0886. The van der Waals surface area contributed by atoms with Crippen LogP contribution in [0.4, 0.5) is 0 Å². The SMILES string of the molecule is CCCCCCNCC(=O)NC[C@H]1[C@@H](CCCCCCC(=O)O)[C@H]2CC[C@@H]1O2. The summed E-state index contributed by atoms with van der Waals surface area (Å²) in [6.07, 6.45) is 13.2. The number of carbonyl (C=O) groups is 2. The molecule has 2 aliphatic heterocycles. The molecule has 0 aromatic carbocycles. The molecule has 0 spiro atoms. The Labute approximate surface area is 170 Å². The summed E-state index contributed by atoms with van der Waals surface area (Å²) < 4.78 is 6.13. The Balaban J connectivity index is 1.59. The summed E-state index contributed by atoms with van der Waals surface area (Å²) >= 11 is 0. The standard InChI is InChI=1S/C22H40N2O4/c1-2-3-4-9-14-23-16-21(25)24-15-18-17(19-12-13-20(18)28-19)10-7-5-6-8-11-22(26)27/h17-20,23H,2-16H2,1H3,(H,24,25)(H,26,27)/t17-,18+,19-,20+/m1/s1. The summed E-state index contributed by atoms with van der Waals surface area (Å²) in [5, 5.41) is 15.1. The quantitative estimate of drug-likeness (QED) is 0.348. The Hall–Kier alpha value is -1.14. The molecule has 2 heterocycles. The lowest BCUT2D eigenvalue weighted by molar-refractivity contribution is -0.137. The summed E-state index contributed by atoms with van der Waals surface area (Å²) in [4.78, 5) is 22.7. The van der Waals surface area contributed by atoms with E-state index in [1.807, 2.05) is 0 Å². The number of hydrogen-bond acceptors (Lipinski definition) is 4. The van der Waals surface area contributed by atoms with E-state index in [-0.39, 0.29) is 12.3 Å². The molecule has 2 bridgehead atoms. The minimum atomic E-state index is -0.701. The second-order valence-corrected chi connectivity index (χ2v) is 8.51. The van der Waals surface area contributed by atoms with Gasteiger partial charge in [0.05, 0.1) is 18.8 Å². The van der Waals surface area contributed by atoms with Crippen LogP contribution in [0, 0.1) is 11.8 Å². The molecule has 2 rings (SSSR count). The second kappa shape index (κ2) is 13.2. The molecule has 28 heavy (non-hydrogen) atoms. The van der Waals surface area contributed by atoms with Crippen LogP contribution in [-0.2, 0) is 14.3 Å². The van der Waals surface area contributed by atoms with Crippen molar-refractivity contribution in [3.63, 3.8) is 0 Å². The topological polar surface area (TPSA) is 87.7 Å². The Bertz CT molecular complexity index is 471. The predicted molar refractivity (Wildman–Crippen MR) is 110 cm³/mol. The molecule has 0 aliphatic carbocycles. The van der Waals surface area contributed by atoms with Gasteiger partial charge in [-0.15, -0.1) is 0 Å². The number of nitrogens with one attached hydrogen (secondary N) is 2. The number of carbonyl (C=O) groups excluding carboxylic acids is 1. The number of rotatable bonds is 16. The van der Waals surface area contributed by atoms with Gasteiger partial charge in [0.1, 0.15) is 0 Å². The number of fused-ring (bicyclic) bond motifs is 2. The Morgan fingerprint density at radius 1 is 0.964 bits per heavy atom. The van der Waals surface area contributed by atoms with Gasteiger partial charge < -0.3 is 20.5 Å². The largest absolute Gasteiger partial charge is 0.481 e. The molecule has 6 nitrogen and oxygen atoms in total. The molecule has 2 saturated heterocycles. The highest BCUT2D eigenvalue weighted by Crippen LogP contribution is 2.45. The zero-order valence-corrected chi connectivity index (χ0v) is 17.6. The zero-order valence-electron chi connectivity index (χ0n) is 17.6. The fourth-order valence-corrected chi connectivity index (χ4v) is 4.74. The number of carboxylic acid groups (broad SMARTS) is 1. The molecule has 4 atom stereocenters. The fourth-order valence-electron chi connectivity index (χ4n) is 4.74. The molecule has 2 fully saturated rings. The average molecular weight is 397 g/mol. The highest BCUT2D eigenvalue weighted by Gasteiger charge is 2.48. The van der Waals surface area contributed by atoms with Crippen LogP contribution in [0.2, 0.25) is 0 Å². The first kappa shape index (κ1) is 23.1. The van der Waals surface area contributed by atoms with Gasteiger partial charge in [-0.1, -0.05) is 45.4 Å². The molecule has 0 aromatic heterocycles. The van der Waals surface area contributed by atoms with Gasteiger partial charge in [-0.3, -0.25) is 9.59 Å². The van der Waals surface area contributed by atoms with E-state index >= 15 is 0 Å². The number of aliphatic carboxylic acids is 1. The molecule has 3 N–H and O–H groups in total. The van der Waals surface area contributed by atoms with Gasteiger partial charge in [0.15, 0.2) is 0 Å². The van der Waals surface area contributed by atoms with Crippen LogP contribution >= 0.6 is 0 Å². The third-order valence-corrected chi connectivity index (χ3v) is 6.30. The van der Waals surface area contributed by atoms with E-state index in [2.05, 4.69) is 17.6 Å². The molecule has 6 heteroatoms. The molecule has 0 saturated carbocycles. The van der Waals surface area contributed by atoms with Crippen LogP contribution in [0.15, 0.2) is 0 Å². The van der Waals surface area contributed by atoms with E-state index in [1.54, 1.807) is 0 Å². The zero-order chi connectivity index (χ0) is 20.2. The van der Waals surface area contributed by atoms with Crippen molar-refractivity contribution in [3.8, 4) is 0 Å². The predicted octanol–water partition coefficient (Wildman–Crippen LogP) is 3.49. The van der Waals surface area contributed by atoms with E-state index < -0.39 is 5.97 Å². The monoisotopic (exact) mass is 396 g/mol. The smallest absolute Gasteiger partial charge is 0.303 e. The van der Waals surface area contributed by atoms with Crippen molar-refractivity contribution in [2.45, 2.75) is 96.2 Å². The summed E-state index contributed by atoms with van der Waals surface area (Å²) in [6, 6.07) is 0. The van der Waals surface area contributed by atoms with Crippen molar-refractivity contribution in [2.24, 2.45) is 11.8 Å². The number of carboxylic acids is 1. The number of hydrogen-bond donors (Lipinski definition) is 3. The van der Waals surface area contributed by atoms with E-state index in [0.29, 0.717) is 30.6 Å². The second-order valence-electron chi connectivity index (χ2n) is 8.51. The maximum absolute atomic E-state index is 12.1. The lowest BCUT2D eigenvalue weighted by Gasteiger charge is -2.28. The van der Waals surface area contributed by atoms with Gasteiger partial charge in [0.2, 0.25) is 5.91 Å². The van der Waals surface area contributed by atoms with E-state index in [1.165, 1.54) is 19.3 Å². The first-order chi connectivity index (χ1) is 13.6. The number of amides is 1. The molecule has 0 unspecified atom stereocenters. The highest BCUT2D eigenvalue weighted by molar-refractivity contribution is 5.77. The third kappa shape index (κ3) is 8.08. The fraction of sp³-hybridized carbons (Fsp3) is 0.909. The van der Waals surface area contributed by atoms with Crippen molar-refractivity contribution in [2.75, 3.05) is 19.6 Å². The molecule has 1 amide bonds.